The lowest BCUT2D eigenvalue weighted by molar-refractivity contribution is 0.475. The molecule has 0 aromatic heterocycles. The zero-order chi connectivity index (χ0) is 29.1. The first-order valence-electron chi connectivity index (χ1n) is 16.5. The molecule has 2 heteroatoms. The Balaban J connectivity index is 1.30. The second-order valence-corrected chi connectivity index (χ2v) is 11.5. The van der Waals surface area contributed by atoms with E-state index in [1.807, 2.05) is 66.7 Å². The Morgan fingerprint density at radius 3 is 1.52 bits per heavy atom. The largest absolute Gasteiger partial charge is 0.457 e. The van der Waals surface area contributed by atoms with Gasteiger partial charge in [0.15, 0.2) is 0 Å². The Kier molecular flexibility index (Phi) is 14.1. The summed E-state index contributed by atoms with van der Waals surface area (Å²) in [5, 5.41) is 0. The molecular formula is C40H50O2. The summed E-state index contributed by atoms with van der Waals surface area (Å²) in [5.74, 6) is 3.47. The Bertz CT molecular complexity index is 1270. The van der Waals surface area contributed by atoms with Crippen LogP contribution in [0.1, 0.15) is 102 Å². The zero-order valence-corrected chi connectivity index (χ0v) is 25.7. The van der Waals surface area contributed by atoms with Crippen LogP contribution < -0.4 is 9.47 Å². The molecular weight excluding hydrogens is 512 g/mol. The normalized spacial score (nSPS) is 11.0. The lowest BCUT2D eigenvalue weighted by Gasteiger charge is -2.17. The first-order valence-corrected chi connectivity index (χ1v) is 16.5. The standard InChI is InChI=1S/C40H50O2/c1-2-3-4-5-6-7-8-9-10-11-12-13-14-17-24-34-25-23-32-39(40(34)42-37-29-20-16-21-30-37)35-26-22-31-38(33-35)41-36-27-18-15-19-28-36/h15-16,18-23,25-33H,2-14,17,24H2,1H3. The number of hydrogen-bond acceptors (Lipinski definition) is 2. The number of aryl methyl sites for hydroxylation is 1. The second-order valence-electron chi connectivity index (χ2n) is 11.5. The summed E-state index contributed by atoms with van der Waals surface area (Å²) in [7, 11) is 0. The van der Waals surface area contributed by atoms with Crippen LogP contribution in [-0.2, 0) is 6.42 Å². The van der Waals surface area contributed by atoms with E-state index in [1.54, 1.807) is 0 Å². The van der Waals surface area contributed by atoms with E-state index in [-0.39, 0.29) is 0 Å². The van der Waals surface area contributed by atoms with Crippen LogP contribution in [0.5, 0.6) is 23.0 Å². The van der Waals surface area contributed by atoms with E-state index < -0.39 is 0 Å². The third-order valence-corrected chi connectivity index (χ3v) is 7.98. The van der Waals surface area contributed by atoms with Crippen molar-refractivity contribution in [2.75, 3.05) is 0 Å². The van der Waals surface area contributed by atoms with Crippen LogP contribution in [0, 0.1) is 0 Å². The van der Waals surface area contributed by atoms with Crippen molar-refractivity contribution in [3.8, 4) is 34.1 Å². The fraction of sp³-hybridized carbons (Fsp3) is 0.400. The quantitative estimate of drug-likeness (QED) is 0.0997. The van der Waals surface area contributed by atoms with Gasteiger partial charge in [0.2, 0.25) is 0 Å². The van der Waals surface area contributed by atoms with Crippen LogP contribution in [0.3, 0.4) is 0 Å². The van der Waals surface area contributed by atoms with Crippen LogP contribution in [0.15, 0.2) is 103 Å². The highest BCUT2D eigenvalue weighted by Crippen LogP contribution is 2.39. The summed E-state index contributed by atoms with van der Waals surface area (Å²) in [6, 6.07) is 34.9. The van der Waals surface area contributed by atoms with Gasteiger partial charge in [-0.1, -0.05) is 157 Å². The fourth-order valence-electron chi connectivity index (χ4n) is 5.60. The minimum Gasteiger partial charge on any atom is -0.457 e. The van der Waals surface area contributed by atoms with E-state index in [1.165, 1.54) is 95.5 Å². The topological polar surface area (TPSA) is 18.5 Å². The van der Waals surface area contributed by atoms with Crippen LogP contribution in [0.25, 0.3) is 11.1 Å². The van der Waals surface area contributed by atoms with E-state index >= 15 is 0 Å². The number of rotatable bonds is 20. The van der Waals surface area contributed by atoms with E-state index in [0.717, 1.165) is 40.5 Å². The highest BCUT2D eigenvalue weighted by Gasteiger charge is 2.14. The molecule has 0 unspecified atom stereocenters. The highest BCUT2D eigenvalue weighted by atomic mass is 16.5. The van der Waals surface area contributed by atoms with Crippen LogP contribution in [-0.4, -0.2) is 0 Å². The SMILES string of the molecule is CCCCCCCCCCCCCCCCc1cccc(-c2cccc(Oc3ccccc3)c2)c1Oc1ccccc1. The minimum absolute atomic E-state index is 0.821. The van der Waals surface area contributed by atoms with Gasteiger partial charge in [-0.3, -0.25) is 0 Å². The molecule has 4 aromatic carbocycles. The maximum Gasteiger partial charge on any atom is 0.138 e. The Labute approximate surface area is 255 Å². The van der Waals surface area contributed by atoms with E-state index in [0.29, 0.717) is 0 Å². The predicted molar refractivity (Wildman–Crippen MR) is 179 cm³/mol. The van der Waals surface area contributed by atoms with Gasteiger partial charge >= 0.3 is 0 Å². The third kappa shape index (κ3) is 11.0. The average molecular weight is 563 g/mol. The van der Waals surface area contributed by atoms with Crippen LogP contribution in [0.4, 0.5) is 0 Å². The van der Waals surface area contributed by atoms with Gasteiger partial charge in [-0.2, -0.15) is 0 Å². The molecule has 0 heterocycles. The van der Waals surface area contributed by atoms with Crippen LogP contribution >= 0.6 is 0 Å². The molecule has 0 amide bonds. The third-order valence-electron chi connectivity index (χ3n) is 7.98. The van der Waals surface area contributed by atoms with E-state index in [9.17, 15) is 0 Å². The van der Waals surface area contributed by atoms with Crippen molar-refractivity contribution >= 4 is 0 Å². The molecule has 0 saturated carbocycles. The molecule has 0 radical (unpaired) electrons. The van der Waals surface area contributed by atoms with Gasteiger partial charge in [-0.25, -0.2) is 0 Å². The molecule has 2 nitrogen and oxygen atoms in total. The monoisotopic (exact) mass is 562 g/mol. The lowest BCUT2D eigenvalue weighted by atomic mass is 9.97. The van der Waals surface area contributed by atoms with E-state index in [2.05, 4.69) is 43.3 Å². The Hall–Kier alpha value is -3.52. The number of unbranched alkanes of at least 4 members (excludes halogenated alkanes) is 13. The van der Waals surface area contributed by atoms with Crippen molar-refractivity contribution in [1.29, 1.82) is 0 Å². The molecule has 4 aromatic rings. The summed E-state index contributed by atoms with van der Waals surface area (Å²) in [6.07, 6.45) is 20.3. The van der Waals surface area contributed by atoms with Crippen LogP contribution in [0.2, 0.25) is 0 Å². The molecule has 0 N–H and O–H groups in total. The zero-order valence-electron chi connectivity index (χ0n) is 25.7. The molecule has 0 atom stereocenters. The molecule has 0 aliphatic rings. The summed E-state index contributed by atoms with van der Waals surface area (Å²) < 4.78 is 12.7. The van der Waals surface area contributed by atoms with Gasteiger partial charge in [0.1, 0.15) is 23.0 Å². The van der Waals surface area contributed by atoms with Crippen molar-refractivity contribution in [2.24, 2.45) is 0 Å². The predicted octanol–water partition coefficient (Wildman–Crippen LogP) is 13.0. The van der Waals surface area contributed by atoms with Crippen molar-refractivity contribution in [3.05, 3.63) is 109 Å². The molecule has 4 rings (SSSR count). The molecule has 42 heavy (non-hydrogen) atoms. The molecule has 0 bridgehead atoms. The second kappa shape index (κ2) is 18.8. The first-order chi connectivity index (χ1) is 20.8. The summed E-state index contributed by atoms with van der Waals surface area (Å²) >= 11 is 0. The number of benzene rings is 4. The van der Waals surface area contributed by atoms with Crippen molar-refractivity contribution in [1.82, 2.24) is 0 Å². The van der Waals surface area contributed by atoms with E-state index in [4.69, 9.17) is 9.47 Å². The Morgan fingerprint density at radius 1 is 0.429 bits per heavy atom. The first kappa shape index (κ1) is 31.4. The summed E-state index contributed by atoms with van der Waals surface area (Å²) in [4.78, 5) is 0. The van der Waals surface area contributed by atoms with Crippen molar-refractivity contribution < 1.29 is 9.47 Å². The average Bonchev–Trinajstić information content (AvgIpc) is 3.03. The van der Waals surface area contributed by atoms with Crippen molar-refractivity contribution in [3.63, 3.8) is 0 Å². The summed E-state index contributed by atoms with van der Waals surface area (Å²) in [6.45, 7) is 2.29. The maximum absolute atomic E-state index is 6.58. The number of ether oxygens (including phenoxy) is 2. The summed E-state index contributed by atoms with van der Waals surface area (Å²) in [5.41, 5.74) is 3.46. The van der Waals surface area contributed by atoms with Gasteiger partial charge in [-0.05, 0) is 60.4 Å². The smallest absolute Gasteiger partial charge is 0.138 e. The van der Waals surface area contributed by atoms with Gasteiger partial charge < -0.3 is 9.47 Å². The molecule has 0 aliphatic heterocycles. The van der Waals surface area contributed by atoms with Gasteiger partial charge in [-0.15, -0.1) is 0 Å². The van der Waals surface area contributed by atoms with Gasteiger partial charge in [0, 0.05) is 5.56 Å². The molecule has 222 valence electrons. The number of para-hydroxylation sites is 3. The van der Waals surface area contributed by atoms with Gasteiger partial charge in [0.25, 0.3) is 0 Å². The lowest BCUT2D eigenvalue weighted by Crippen LogP contribution is -1.96. The molecule has 0 aliphatic carbocycles. The van der Waals surface area contributed by atoms with Gasteiger partial charge in [0.05, 0.1) is 0 Å². The maximum atomic E-state index is 6.58. The highest BCUT2D eigenvalue weighted by molar-refractivity contribution is 5.74. The fourth-order valence-corrected chi connectivity index (χ4v) is 5.60. The van der Waals surface area contributed by atoms with Crippen molar-refractivity contribution in [2.45, 2.75) is 103 Å². The molecule has 0 saturated heterocycles. The minimum atomic E-state index is 0.821. The number of hydrogen-bond donors (Lipinski definition) is 0. The molecule has 0 spiro atoms. The Morgan fingerprint density at radius 2 is 0.929 bits per heavy atom. The molecule has 0 fully saturated rings.